The average Bonchev–Trinajstić information content (AvgIpc) is 3.50. The van der Waals surface area contributed by atoms with E-state index in [4.69, 9.17) is 0 Å². The summed E-state index contributed by atoms with van der Waals surface area (Å²) >= 11 is 0. The van der Waals surface area contributed by atoms with Crippen LogP contribution in [0, 0.1) is 13.8 Å². The molecule has 1 aliphatic rings. The molecule has 0 fully saturated rings. The van der Waals surface area contributed by atoms with Crippen LogP contribution in [0.2, 0.25) is 0 Å². The standard InChI is InChI=1S/C43H53N/c1-5-7-9-11-13-17-27-43(28-18-14-12-10-8-6-2)39-20-16-15-19-35(39)36-24-23-34(31-40(36)43)44-41-25-21-32(3)29-37(41)38-30-33(4)22-26-42(38)44/h15-16,19-26,29-31H,5-14,17-18,27-28H2,1-4H3. The third-order valence-electron chi connectivity index (χ3n) is 10.5. The predicted molar refractivity (Wildman–Crippen MR) is 192 cm³/mol. The number of aryl methyl sites for hydroxylation is 2. The Balaban J connectivity index is 1.45. The van der Waals surface area contributed by atoms with E-state index < -0.39 is 0 Å². The lowest BCUT2D eigenvalue weighted by atomic mass is 9.70. The summed E-state index contributed by atoms with van der Waals surface area (Å²) in [7, 11) is 0. The van der Waals surface area contributed by atoms with Crippen LogP contribution in [0.5, 0.6) is 0 Å². The molecule has 0 saturated heterocycles. The third kappa shape index (κ3) is 5.88. The van der Waals surface area contributed by atoms with Crippen LogP contribution in [-0.4, -0.2) is 4.57 Å². The van der Waals surface area contributed by atoms with Gasteiger partial charge in [-0.2, -0.15) is 0 Å². The van der Waals surface area contributed by atoms with Gasteiger partial charge in [-0.05, 0) is 85.3 Å². The first-order chi connectivity index (χ1) is 21.6. The minimum Gasteiger partial charge on any atom is -0.309 e. The molecule has 0 bridgehead atoms. The largest absolute Gasteiger partial charge is 0.309 e. The van der Waals surface area contributed by atoms with Crippen LogP contribution in [0.15, 0.2) is 78.9 Å². The smallest absolute Gasteiger partial charge is 0.0541 e. The average molecular weight is 584 g/mol. The minimum absolute atomic E-state index is 0.101. The van der Waals surface area contributed by atoms with E-state index in [1.54, 1.807) is 11.1 Å². The number of rotatable bonds is 15. The lowest BCUT2D eigenvalue weighted by Gasteiger charge is -2.33. The van der Waals surface area contributed by atoms with Gasteiger partial charge in [-0.3, -0.25) is 0 Å². The molecule has 0 radical (unpaired) electrons. The Morgan fingerprint density at radius 1 is 0.500 bits per heavy atom. The second kappa shape index (κ2) is 13.8. The quantitative estimate of drug-likeness (QED) is 0.108. The van der Waals surface area contributed by atoms with Crippen LogP contribution in [0.25, 0.3) is 38.6 Å². The van der Waals surface area contributed by atoms with Gasteiger partial charge in [-0.25, -0.2) is 0 Å². The molecule has 0 spiro atoms. The minimum atomic E-state index is 0.101. The van der Waals surface area contributed by atoms with Crippen molar-refractivity contribution < 1.29 is 0 Å². The monoisotopic (exact) mass is 583 g/mol. The molecular weight excluding hydrogens is 530 g/mol. The molecule has 1 heterocycles. The van der Waals surface area contributed by atoms with Gasteiger partial charge >= 0.3 is 0 Å². The fourth-order valence-corrected chi connectivity index (χ4v) is 8.19. The highest BCUT2D eigenvalue weighted by Crippen LogP contribution is 2.55. The SMILES string of the molecule is CCCCCCCCC1(CCCCCCCC)c2ccccc2-c2ccc(-n3c4ccc(C)cc4c4cc(C)ccc43)cc21. The van der Waals surface area contributed by atoms with Gasteiger partial charge in [0.05, 0.1) is 11.0 Å². The van der Waals surface area contributed by atoms with Gasteiger partial charge < -0.3 is 4.57 Å². The van der Waals surface area contributed by atoms with Crippen molar-refractivity contribution >= 4 is 21.8 Å². The van der Waals surface area contributed by atoms with Gasteiger partial charge in [0.1, 0.15) is 0 Å². The van der Waals surface area contributed by atoms with Gasteiger partial charge in [-0.15, -0.1) is 0 Å². The molecule has 0 saturated carbocycles. The van der Waals surface area contributed by atoms with Gasteiger partial charge in [0.15, 0.2) is 0 Å². The topological polar surface area (TPSA) is 4.93 Å². The zero-order valence-electron chi connectivity index (χ0n) is 27.9. The van der Waals surface area contributed by atoms with Crippen molar-refractivity contribution in [1.82, 2.24) is 4.57 Å². The lowest BCUT2D eigenvalue weighted by molar-refractivity contribution is 0.398. The summed E-state index contributed by atoms with van der Waals surface area (Å²) in [4.78, 5) is 0. The van der Waals surface area contributed by atoms with Crippen molar-refractivity contribution in [3.05, 3.63) is 101 Å². The number of unbranched alkanes of at least 4 members (excludes halogenated alkanes) is 10. The van der Waals surface area contributed by atoms with Crippen molar-refractivity contribution in [3.63, 3.8) is 0 Å². The fraction of sp³-hybridized carbons (Fsp3) is 0.442. The van der Waals surface area contributed by atoms with Crippen LogP contribution >= 0.6 is 0 Å². The summed E-state index contributed by atoms with van der Waals surface area (Å²) in [5.74, 6) is 0. The molecule has 0 amide bonds. The second-order valence-corrected chi connectivity index (χ2v) is 13.8. The number of aromatic nitrogens is 1. The Morgan fingerprint density at radius 3 is 1.61 bits per heavy atom. The first-order valence-electron chi connectivity index (χ1n) is 17.8. The molecule has 0 aliphatic heterocycles. The van der Waals surface area contributed by atoms with E-state index in [1.807, 2.05) is 0 Å². The molecule has 0 N–H and O–H groups in total. The van der Waals surface area contributed by atoms with Crippen molar-refractivity contribution in [2.24, 2.45) is 0 Å². The molecule has 1 heteroatoms. The third-order valence-corrected chi connectivity index (χ3v) is 10.5. The number of fused-ring (bicyclic) bond motifs is 6. The second-order valence-electron chi connectivity index (χ2n) is 13.8. The van der Waals surface area contributed by atoms with E-state index in [0.29, 0.717) is 0 Å². The predicted octanol–water partition coefficient (Wildman–Crippen LogP) is 13.2. The van der Waals surface area contributed by atoms with Crippen LogP contribution in [0.3, 0.4) is 0 Å². The van der Waals surface area contributed by atoms with E-state index in [1.165, 1.54) is 140 Å². The Bertz CT molecular complexity index is 1640. The molecule has 44 heavy (non-hydrogen) atoms. The summed E-state index contributed by atoms with van der Waals surface area (Å²) in [6.45, 7) is 9.06. The van der Waals surface area contributed by atoms with Crippen LogP contribution < -0.4 is 0 Å². The highest BCUT2D eigenvalue weighted by atomic mass is 15.0. The number of nitrogens with zero attached hydrogens (tertiary/aromatic N) is 1. The van der Waals surface area contributed by atoms with E-state index in [-0.39, 0.29) is 5.41 Å². The normalized spacial score (nSPS) is 13.5. The molecule has 230 valence electrons. The Kier molecular flexibility index (Phi) is 9.60. The molecule has 4 aromatic carbocycles. The van der Waals surface area contributed by atoms with Gasteiger partial charge in [0.2, 0.25) is 0 Å². The van der Waals surface area contributed by atoms with Crippen LogP contribution in [0.4, 0.5) is 0 Å². The molecular formula is C43H53N. The first-order valence-corrected chi connectivity index (χ1v) is 17.8. The summed E-state index contributed by atoms with van der Waals surface area (Å²) in [6, 6.07) is 30.8. The van der Waals surface area contributed by atoms with Gasteiger partial charge in [0, 0.05) is 21.9 Å². The molecule has 1 nitrogen and oxygen atoms in total. The number of hydrogen-bond acceptors (Lipinski definition) is 0. The first kappa shape index (κ1) is 30.7. The van der Waals surface area contributed by atoms with Crippen molar-refractivity contribution in [1.29, 1.82) is 0 Å². The van der Waals surface area contributed by atoms with E-state index >= 15 is 0 Å². The number of hydrogen-bond donors (Lipinski definition) is 0. The summed E-state index contributed by atoms with van der Waals surface area (Å²) < 4.78 is 2.53. The Hall–Kier alpha value is -3.32. The Labute approximate surface area is 266 Å². The van der Waals surface area contributed by atoms with Crippen molar-refractivity contribution in [2.45, 2.75) is 123 Å². The maximum atomic E-state index is 2.60. The fourth-order valence-electron chi connectivity index (χ4n) is 8.19. The van der Waals surface area contributed by atoms with Crippen LogP contribution in [0.1, 0.15) is 126 Å². The zero-order valence-corrected chi connectivity index (χ0v) is 27.9. The molecule has 1 aliphatic carbocycles. The maximum Gasteiger partial charge on any atom is 0.0541 e. The highest BCUT2D eigenvalue weighted by molar-refractivity contribution is 6.09. The van der Waals surface area contributed by atoms with E-state index in [2.05, 4.69) is 111 Å². The summed E-state index contributed by atoms with van der Waals surface area (Å²) in [5.41, 5.74) is 12.8. The summed E-state index contributed by atoms with van der Waals surface area (Å²) in [5, 5.41) is 2.72. The number of benzene rings is 4. The maximum absolute atomic E-state index is 2.60. The molecule has 1 aromatic heterocycles. The van der Waals surface area contributed by atoms with Crippen molar-refractivity contribution in [3.8, 4) is 16.8 Å². The van der Waals surface area contributed by atoms with Gasteiger partial charge in [-0.1, -0.05) is 144 Å². The van der Waals surface area contributed by atoms with E-state index in [9.17, 15) is 0 Å². The molecule has 6 rings (SSSR count). The van der Waals surface area contributed by atoms with Gasteiger partial charge in [0.25, 0.3) is 0 Å². The molecule has 0 atom stereocenters. The molecule has 0 unspecified atom stereocenters. The lowest BCUT2D eigenvalue weighted by Crippen LogP contribution is -2.25. The summed E-state index contributed by atoms with van der Waals surface area (Å²) in [6.07, 6.45) is 18.7. The zero-order chi connectivity index (χ0) is 30.5. The molecule has 5 aromatic rings. The van der Waals surface area contributed by atoms with Crippen LogP contribution in [-0.2, 0) is 5.41 Å². The Morgan fingerprint density at radius 2 is 1.02 bits per heavy atom. The highest BCUT2D eigenvalue weighted by Gasteiger charge is 2.42. The van der Waals surface area contributed by atoms with E-state index in [0.717, 1.165) is 0 Å². The van der Waals surface area contributed by atoms with Crippen molar-refractivity contribution in [2.75, 3.05) is 0 Å².